The quantitative estimate of drug-likeness (QED) is 0.564. The zero-order valence-electron chi connectivity index (χ0n) is 16.2. The fourth-order valence-corrected chi connectivity index (χ4v) is 5.44. The lowest BCUT2D eigenvalue weighted by atomic mass is 10.1. The van der Waals surface area contributed by atoms with Gasteiger partial charge in [0.15, 0.2) is 0 Å². The molecule has 2 heterocycles. The van der Waals surface area contributed by atoms with Gasteiger partial charge in [0, 0.05) is 48.3 Å². The Bertz CT molecular complexity index is 1230. The summed E-state index contributed by atoms with van der Waals surface area (Å²) in [5.74, 6) is 0. The summed E-state index contributed by atoms with van der Waals surface area (Å²) >= 11 is 3.45. The second-order valence-corrected chi connectivity index (χ2v) is 10.1. The molecule has 0 bridgehead atoms. The van der Waals surface area contributed by atoms with E-state index in [1.54, 1.807) is 30.3 Å². The number of hydrogen-bond donors (Lipinski definition) is 2. The van der Waals surface area contributed by atoms with Gasteiger partial charge in [0.1, 0.15) is 0 Å². The Balaban J connectivity index is 1.86. The van der Waals surface area contributed by atoms with E-state index >= 15 is 0 Å². The molecule has 9 heteroatoms. The van der Waals surface area contributed by atoms with Crippen molar-refractivity contribution < 1.29 is 13.5 Å². The van der Waals surface area contributed by atoms with Crippen molar-refractivity contribution in [3.05, 3.63) is 75.1 Å². The predicted molar refractivity (Wildman–Crippen MR) is 119 cm³/mol. The van der Waals surface area contributed by atoms with E-state index in [2.05, 4.69) is 26.1 Å². The zero-order valence-corrected chi connectivity index (χ0v) is 18.6. The van der Waals surface area contributed by atoms with Crippen molar-refractivity contribution in [1.82, 2.24) is 14.2 Å². The number of aliphatic hydroxyl groups excluding tert-OH is 1. The number of rotatable bonds is 5. The van der Waals surface area contributed by atoms with Crippen molar-refractivity contribution in [3.63, 3.8) is 0 Å². The second kappa shape index (κ2) is 8.60. The first-order valence-electron chi connectivity index (χ1n) is 9.61. The molecule has 1 aliphatic heterocycles. The highest BCUT2D eigenvalue weighted by atomic mass is 79.9. The van der Waals surface area contributed by atoms with E-state index in [4.69, 9.17) is 0 Å². The van der Waals surface area contributed by atoms with Crippen LogP contribution in [0.2, 0.25) is 0 Å². The third kappa shape index (κ3) is 4.08. The number of halogens is 1. The normalized spacial score (nSPS) is 18.0. The molecule has 2 aromatic carbocycles. The van der Waals surface area contributed by atoms with E-state index in [0.717, 1.165) is 27.1 Å². The van der Waals surface area contributed by atoms with Crippen molar-refractivity contribution in [2.75, 3.05) is 26.2 Å². The molecular formula is C21H22BrN3O4S. The molecule has 1 aliphatic rings. The maximum absolute atomic E-state index is 13.2. The van der Waals surface area contributed by atoms with Gasteiger partial charge in [-0.2, -0.15) is 0 Å². The highest BCUT2D eigenvalue weighted by Gasteiger charge is 2.24. The topological polar surface area (TPSA) is 91.6 Å². The Kier molecular flexibility index (Phi) is 6.08. The van der Waals surface area contributed by atoms with Crippen molar-refractivity contribution >= 4 is 36.7 Å². The number of hydrogen-bond acceptors (Lipinski definition) is 6. The van der Waals surface area contributed by atoms with Gasteiger partial charge in [0.2, 0.25) is 0 Å². The minimum Gasteiger partial charge on any atom is -0.395 e. The molecule has 3 aromatic rings. The third-order valence-electron chi connectivity index (χ3n) is 5.29. The molecule has 0 aliphatic carbocycles. The first-order valence-corrected chi connectivity index (χ1v) is 11.8. The van der Waals surface area contributed by atoms with Crippen LogP contribution in [0.1, 0.15) is 5.56 Å². The molecular weight excluding hydrogens is 470 g/mol. The molecule has 0 saturated carbocycles. The largest absolute Gasteiger partial charge is 0.395 e. The molecule has 4 rings (SSSR count). The van der Waals surface area contributed by atoms with E-state index < -0.39 is 15.6 Å². The van der Waals surface area contributed by atoms with Gasteiger partial charge in [-0.15, -0.1) is 0 Å². The summed E-state index contributed by atoms with van der Waals surface area (Å²) in [6.07, 6.45) is 1.44. The standard InChI is InChI=1S/C21H22BrN3O4S/c22-16-6-7-19-20(10-16)15(11-24-9-8-23-17(13-24)14-26)12-25(21(19)27)30(28,29)18-4-2-1-3-5-18/h1-7,10,12,17,23,26H,8-9,11,13-14H2/t17-/m1/s1. The number of piperazine rings is 1. The number of aromatic nitrogens is 1. The Labute approximate surface area is 183 Å². The Morgan fingerprint density at radius 1 is 1.13 bits per heavy atom. The van der Waals surface area contributed by atoms with Gasteiger partial charge < -0.3 is 10.4 Å². The fourth-order valence-electron chi connectivity index (χ4n) is 3.77. The second-order valence-electron chi connectivity index (χ2n) is 7.33. The molecule has 1 fully saturated rings. The minimum absolute atomic E-state index is 0.0318. The highest BCUT2D eigenvalue weighted by molar-refractivity contribution is 9.10. The number of aliphatic hydroxyl groups is 1. The van der Waals surface area contributed by atoms with Crippen molar-refractivity contribution in [1.29, 1.82) is 0 Å². The lowest BCUT2D eigenvalue weighted by Gasteiger charge is -2.33. The number of nitrogens with zero attached hydrogens (tertiary/aromatic N) is 2. The van der Waals surface area contributed by atoms with E-state index in [1.807, 2.05) is 6.07 Å². The number of pyridine rings is 1. The van der Waals surface area contributed by atoms with Crippen LogP contribution >= 0.6 is 15.9 Å². The maximum Gasteiger partial charge on any atom is 0.272 e. The zero-order chi connectivity index (χ0) is 21.3. The van der Waals surface area contributed by atoms with Crippen LogP contribution in [0.25, 0.3) is 10.8 Å². The molecule has 0 radical (unpaired) electrons. The van der Waals surface area contributed by atoms with Crippen LogP contribution in [-0.2, 0) is 16.6 Å². The van der Waals surface area contributed by atoms with E-state index in [0.29, 0.717) is 23.9 Å². The van der Waals surface area contributed by atoms with Crippen LogP contribution in [0, 0.1) is 0 Å². The van der Waals surface area contributed by atoms with Gasteiger partial charge in [-0.3, -0.25) is 9.69 Å². The van der Waals surface area contributed by atoms with Gasteiger partial charge in [-0.1, -0.05) is 34.1 Å². The molecule has 2 N–H and O–H groups in total. The van der Waals surface area contributed by atoms with E-state index in [-0.39, 0.29) is 17.5 Å². The van der Waals surface area contributed by atoms with Crippen LogP contribution in [0.15, 0.2) is 68.9 Å². The molecule has 1 saturated heterocycles. The van der Waals surface area contributed by atoms with Crippen LogP contribution in [-0.4, -0.2) is 54.7 Å². The molecule has 7 nitrogen and oxygen atoms in total. The van der Waals surface area contributed by atoms with Gasteiger partial charge in [-0.25, -0.2) is 12.4 Å². The molecule has 0 unspecified atom stereocenters. The summed E-state index contributed by atoms with van der Waals surface area (Å²) in [6.45, 7) is 2.63. The average Bonchev–Trinajstić information content (AvgIpc) is 2.76. The monoisotopic (exact) mass is 491 g/mol. The van der Waals surface area contributed by atoms with Gasteiger partial charge in [0.25, 0.3) is 15.6 Å². The van der Waals surface area contributed by atoms with Crippen LogP contribution in [0.4, 0.5) is 0 Å². The average molecular weight is 492 g/mol. The van der Waals surface area contributed by atoms with Gasteiger partial charge >= 0.3 is 0 Å². The van der Waals surface area contributed by atoms with Crippen LogP contribution < -0.4 is 10.9 Å². The first kappa shape index (κ1) is 21.2. The van der Waals surface area contributed by atoms with E-state index in [9.17, 15) is 18.3 Å². The fraction of sp³-hybridized carbons (Fsp3) is 0.286. The van der Waals surface area contributed by atoms with Crippen molar-refractivity contribution in [2.24, 2.45) is 0 Å². The molecule has 158 valence electrons. The molecule has 1 aromatic heterocycles. The lowest BCUT2D eigenvalue weighted by Crippen LogP contribution is -2.51. The van der Waals surface area contributed by atoms with Crippen LogP contribution in [0.3, 0.4) is 0 Å². The Morgan fingerprint density at radius 2 is 1.90 bits per heavy atom. The maximum atomic E-state index is 13.2. The molecule has 0 spiro atoms. The molecule has 0 amide bonds. The van der Waals surface area contributed by atoms with Crippen molar-refractivity contribution in [3.8, 4) is 0 Å². The molecule has 1 atom stereocenters. The number of fused-ring (bicyclic) bond motifs is 1. The Morgan fingerprint density at radius 3 is 2.63 bits per heavy atom. The van der Waals surface area contributed by atoms with Crippen molar-refractivity contribution in [2.45, 2.75) is 17.5 Å². The third-order valence-corrected chi connectivity index (χ3v) is 7.44. The Hall–Kier alpha value is -2.04. The number of benzene rings is 2. The highest BCUT2D eigenvalue weighted by Crippen LogP contribution is 2.24. The summed E-state index contributed by atoms with van der Waals surface area (Å²) in [4.78, 5) is 15.3. The summed E-state index contributed by atoms with van der Waals surface area (Å²) in [6, 6.07) is 13.2. The van der Waals surface area contributed by atoms with E-state index in [1.165, 1.54) is 18.3 Å². The summed E-state index contributed by atoms with van der Waals surface area (Å²) in [5, 5.41) is 13.8. The summed E-state index contributed by atoms with van der Waals surface area (Å²) < 4.78 is 28.1. The van der Waals surface area contributed by atoms with Gasteiger partial charge in [-0.05, 0) is 41.3 Å². The SMILES string of the molecule is O=c1c2ccc(Br)cc2c(CN2CCN[C@@H](CO)C2)cn1S(=O)(=O)c1ccccc1. The lowest BCUT2D eigenvalue weighted by molar-refractivity contribution is 0.144. The number of nitrogens with one attached hydrogen (secondary N) is 1. The van der Waals surface area contributed by atoms with Gasteiger partial charge in [0.05, 0.1) is 11.5 Å². The summed E-state index contributed by atoms with van der Waals surface area (Å²) in [7, 11) is -4.03. The first-order chi connectivity index (χ1) is 14.4. The predicted octanol–water partition coefficient (Wildman–Crippen LogP) is 1.77. The smallest absolute Gasteiger partial charge is 0.272 e. The summed E-state index contributed by atoms with van der Waals surface area (Å²) in [5.41, 5.74) is 0.169. The van der Waals surface area contributed by atoms with Crippen LogP contribution in [0.5, 0.6) is 0 Å². The molecule has 30 heavy (non-hydrogen) atoms. The minimum atomic E-state index is -4.03.